The quantitative estimate of drug-likeness (QED) is 0.130. The van der Waals surface area contributed by atoms with Crippen LogP contribution < -0.4 is 10.6 Å². The summed E-state index contributed by atoms with van der Waals surface area (Å²) in [4.78, 5) is 71.8. The van der Waals surface area contributed by atoms with Gasteiger partial charge in [-0.3, -0.25) is 9.59 Å². The molecule has 2 saturated heterocycles. The summed E-state index contributed by atoms with van der Waals surface area (Å²) in [5.41, 5.74) is 5.88. The molecule has 14 nitrogen and oxygen atoms in total. The molecule has 0 radical (unpaired) electrons. The number of ether oxygens (including phenoxy) is 2. The average molecular weight is 779 g/mol. The summed E-state index contributed by atoms with van der Waals surface area (Å²) >= 11 is 0. The van der Waals surface area contributed by atoms with Crippen molar-refractivity contribution in [2.24, 2.45) is 11.8 Å². The number of methoxy groups -OCH3 is 2. The molecule has 4 aliphatic rings. The van der Waals surface area contributed by atoms with Gasteiger partial charge in [0.05, 0.1) is 58.2 Å². The van der Waals surface area contributed by atoms with E-state index >= 15 is 0 Å². The maximum atomic E-state index is 13.9. The second-order valence-electron chi connectivity index (χ2n) is 16.5. The molecule has 0 unspecified atom stereocenters. The largest absolute Gasteiger partial charge is 0.453 e. The Balaban J connectivity index is 0.927. The first-order valence-corrected chi connectivity index (χ1v) is 23.0. The van der Waals surface area contributed by atoms with E-state index in [0.717, 1.165) is 89.9 Å². The number of rotatable bonds is 11. The first-order valence-electron chi connectivity index (χ1n) is 19.6. The van der Waals surface area contributed by atoms with Gasteiger partial charge in [-0.25, -0.2) is 19.6 Å². The Morgan fingerprint density at radius 1 is 0.679 bits per heavy atom. The summed E-state index contributed by atoms with van der Waals surface area (Å²) in [6, 6.07) is 16.0. The molecule has 2 aliphatic heterocycles. The number of aromatic amines is 2. The topological polar surface area (TPSA) is 175 Å². The fraction of sp³-hybridized carbons (Fsp3) is 0.463. The van der Waals surface area contributed by atoms with E-state index in [4.69, 9.17) is 19.4 Å². The van der Waals surface area contributed by atoms with Crippen LogP contribution in [0.5, 0.6) is 0 Å². The first-order chi connectivity index (χ1) is 27.0. The van der Waals surface area contributed by atoms with Crippen LogP contribution in [0, 0.1) is 11.8 Å². The number of carbonyl (C=O) groups is 4. The van der Waals surface area contributed by atoms with Crippen LogP contribution in [0.2, 0.25) is 19.1 Å². The summed E-state index contributed by atoms with van der Waals surface area (Å²) in [5.74, 6) is 1.68. The monoisotopic (exact) mass is 778 g/mol. The van der Waals surface area contributed by atoms with Crippen molar-refractivity contribution in [3.8, 4) is 33.6 Å². The van der Waals surface area contributed by atoms with Crippen molar-refractivity contribution in [1.29, 1.82) is 0 Å². The van der Waals surface area contributed by atoms with Crippen molar-refractivity contribution in [2.75, 3.05) is 26.9 Å². The number of aromatic nitrogens is 4. The highest BCUT2D eigenvalue weighted by Gasteiger charge is 2.48. The van der Waals surface area contributed by atoms with Crippen molar-refractivity contribution in [3.05, 3.63) is 72.6 Å². The van der Waals surface area contributed by atoms with Crippen molar-refractivity contribution < 1.29 is 28.7 Å². The lowest BCUT2D eigenvalue weighted by Gasteiger charge is -2.28. The molecule has 2 aliphatic carbocycles. The maximum absolute atomic E-state index is 13.9. The lowest BCUT2D eigenvalue weighted by molar-refractivity contribution is -0.135. The normalized spacial score (nSPS) is 21.4. The molecular formula is C41H50N8O6Si. The predicted molar refractivity (Wildman–Crippen MR) is 212 cm³/mol. The minimum absolute atomic E-state index is 0.0529. The average Bonchev–Trinajstić information content (AvgIpc) is 4.00. The van der Waals surface area contributed by atoms with Crippen molar-refractivity contribution >= 4 is 32.1 Å². The Labute approximate surface area is 327 Å². The first kappa shape index (κ1) is 37.5. The van der Waals surface area contributed by atoms with Gasteiger partial charge in [0.1, 0.15) is 23.7 Å². The Morgan fingerprint density at radius 3 is 1.59 bits per heavy atom. The van der Waals surface area contributed by atoms with Crippen molar-refractivity contribution in [2.45, 2.75) is 81.8 Å². The van der Waals surface area contributed by atoms with Crippen LogP contribution in [0.4, 0.5) is 9.59 Å². The third-order valence-electron chi connectivity index (χ3n) is 11.7. The molecular weight excluding hydrogens is 729 g/mol. The molecule has 2 saturated carbocycles. The van der Waals surface area contributed by atoms with Crippen LogP contribution in [-0.2, 0) is 19.1 Å². The molecule has 4 N–H and O–H groups in total. The minimum Gasteiger partial charge on any atom is -0.453 e. The highest BCUT2D eigenvalue weighted by atomic mass is 28.3. The standard InChI is InChI=1S/C41H50N8O6Si/c1-54-40(52)46-34(28-15-16-28)38(50)48-19-5-6-32(48)36-42-20-30(44-36)26-11-7-24(8-12-26)25-9-13-27(14-10-25)31-21-43-37(45-31)33-22-56(3,4)23-49(33)39(51)35(29-17-18-29)47-41(53)55-2/h7-14,20-21,28-29,32-35H,5-6,15-19,22-23H2,1-4H3,(H,42,44)(H,43,45)(H,46,52)(H,47,53)/t32-,33-,34-,35-/m1/s1. The molecule has 2 aromatic carbocycles. The fourth-order valence-corrected chi connectivity index (χ4v) is 11.3. The summed E-state index contributed by atoms with van der Waals surface area (Å²) in [5, 5.41) is 5.56. The van der Waals surface area contributed by atoms with Gasteiger partial charge in [0.15, 0.2) is 0 Å². The van der Waals surface area contributed by atoms with Gasteiger partial charge in [-0.2, -0.15) is 0 Å². The van der Waals surface area contributed by atoms with E-state index in [0.29, 0.717) is 12.7 Å². The Kier molecular flexibility index (Phi) is 10.2. The molecule has 56 heavy (non-hydrogen) atoms. The second-order valence-corrected chi connectivity index (χ2v) is 21.5. The summed E-state index contributed by atoms with van der Waals surface area (Å²) in [6.07, 6.45) is 8.55. The van der Waals surface area contributed by atoms with Gasteiger partial charge in [0.25, 0.3) is 0 Å². The third-order valence-corrected chi connectivity index (χ3v) is 14.4. The van der Waals surface area contributed by atoms with Crippen LogP contribution >= 0.6 is 0 Å². The number of amides is 4. The lowest BCUT2D eigenvalue weighted by Crippen LogP contribution is -2.50. The summed E-state index contributed by atoms with van der Waals surface area (Å²) in [6.45, 7) is 5.21. The number of hydrogen-bond donors (Lipinski definition) is 4. The van der Waals surface area contributed by atoms with E-state index in [-0.39, 0.29) is 35.7 Å². The number of nitrogens with one attached hydrogen (secondary N) is 4. The van der Waals surface area contributed by atoms with Crippen LogP contribution in [0.25, 0.3) is 33.6 Å². The van der Waals surface area contributed by atoms with E-state index in [1.54, 1.807) is 0 Å². The van der Waals surface area contributed by atoms with E-state index < -0.39 is 32.3 Å². The number of hydrogen-bond acceptors (Lipinski definition) is 8. The molecule has 8 rings (SSSR count). The number of nitrogens with zero attached hydrogens (tertiary/aromatic N) is 4. The minimum atomic E-state index is -1.72. The summed E-state index contributed by atoms with van der Waals surface area (Å²) in [7, 11) is 0.913. The van der Waals surface area contributed by atoms with Gasteiger partial charge in [0.2, 0.25) is 11.8 Å². The smallest absolute Gasteiger partial charge is 0.407 e. The van der Waals surface area contributed by atoms with E-state index in [1.165, 1.54) is 14.2 Å². The van der Waals surface area contributed by atoms with Gasteiger partial charge < -0.3 is 39.9 Å². The zero-order valence-corrected chi connectivity index (χ0v) is 33.3. The van der Waals surface area contributed by atoms with Crippen molar-refractivity contribution in [1.82, 2.24) is 40.4 Å². The van der Waals surface area contributed by atoms with Gasteiger partial charge in [-0.15, -0.1) is 0 Å². The van der Waals surface area contributed by atoms with Crippen LogP contribution in [0.15, 0.2) is 60.9 Å². The van der Waals surface area contributed by atoms with Crippen LogP contribution in [0.3, 0.4) is 0 Å². The zero-order chi connectivity index (χ0) is 39.1. The molecule has 4 heterocycles. The molecule has 15 heteroatoms. The number of imidazole rings is 2. The molecule has 0 spiro atoms. The van der Waals surface area contributed by atoms with Crippen molar-refractivity contribution in [3.63, 3.8) is 0 Å². The van der Waals surface area contributed by atoms with Crippen LogP contribution in [0.1, 0.15) is 62.3 Å². The lowest BCUT2D eigenvalue weighted by atomic mass is 10.0. The molecule has 0 bridgehead atoms. The van der Waals surface area contributed by atoms with Crippen LogP contribution in [-0.4, -0.2) is 101 Å². The zero-order valence-electron chi connectivity index (χ0n) is 32.3. The van der Waals surface area contributed by atoms with Gasteiger partial charge in [-0.05, 0) is 78.7 Å². The number of H-pyrrole nitrogens is 2. The molecule has 4 fully saturated rings. The van der Waals surface area contributed by atoms with E-state index in [1.807, 2.05) is 22.2 Å². The Hall–Kier alpha value is -5.44. The third kappa shape index (κ3) is 7.81. The van der Waals surface area contributed by atoms with Gasteiger partial charge >= 0.3 is 12.2 Å². The number of likely N-dealkylation sites (tertiary alicyclic amines) is 1. The Bertz CT molecular complexity index is 2090. The highest BCUT2D eigenvalue weighted by Crippen LogP contribution is 2.41. The van der Waals surface area contributed by atoms with E-state index in [9.17, 15) is 19.2 Å². The SMILES string of the molecule is COC(=O)N[C@@H](C(=O)N1CCC[C@@H]1c1ncc(-c2ccc(-c3ccc(-c4cnc([C@H]5C[Si](C)(C)CN5C(=O)[C@H](NC(=O)OC)C5CC5)[nH]4)cc3)cc2)[nH]1)C1CC1. The Morgan fingerprint density at radius 2 is 1.12 bits per heavy atom. The van der Waals surface area contributed by atoms with Gasteiger partial charge in [0, 0.05) is 12.7 Å². The summed E-state index contributed by atoms with van der Waals surface area (Å²) < 4.78 is 9.61. The predicted octanol–water partition coefficient (Wildman–Crippen LogP) is 6.20. The number of alkyl carbamates (subject to hydrolysis) is 2. The van der Waals surface area contributed by atoms with Gasteiger partial charge in [-0.1, -0.05) is 61.6 Å². The molecule has 4 amide bonds. The molecule has 4 aromatic rings. The number of benzene rings is 2. The highest BCUT2D eigenvalue weighted by molar-refractivity contribution is 6.78. The second kappa shape index (κ2) is 15.2. The van der Waals surface area contributed by atoms with E-state index in [2.05, 4.69) is 82.2 Å². The number of carbonyl (C=O) groups excluding carboxylic acids is 4. The molecule has 2 aromatic heterocycles. The fourth-order valence-electron chi connectivity index (χ4n) is 8.40. The maximum Gasteiger partial charge on any atom is 0.407 e. The molecule has 4 atom stereocenters. The molecule has 294 valence electrons.